The molecule has 68 valence electrons. The van der Waals surface area contributed by atoms with Gasteiger partial charge in [-0.1, -0.05) is 12.2 Å². The molecule has 1 aliphatic rings. The number of morpholine rings is 1. The van der Waals surface area contributed by atoms with Gasteiger partial charge in [-0.05, 0) is 19.9 Å². The van der Waals surface area contributed by atoms with E-state index in [9.17, 15) is 0 Å². The smallest absolute Gasteiger partial charge is 0.0642 e. The van der Waals surface area contributed by atoms with Crippen molar-refractivity contribution in [2.75, 3.05) is 26.3 Å². The van der Waals surface area contributed by atoms with Gasteiger partial charge in [-0.3, -0.25) is 0 Å². The highest BCUT2D eigenvalue weighted by molar-refractivity contribution is 5.16. The standard InChI is InChI=1S/C10H17NO/c1-9(2)8-10(3)11-4-6-12-7-5-11/h8H,1,4-7H2,2-3H3/b10-8+. The normalized spacial score (nSPS) is 19.5. The van der Waals surface area contributed by atoms with Crippen LogP contribution in [0.15, 0.2) is 23.9 Å². The van der Waals surface area contributed by atoms with Crippen molar-refractivity contribution < 1.29 is 4.74 Å². The Morgan fingerprint density at radius 2 is 1.92 bits per heavy atom. The van der Waals surface area contributed by atoms with Crippen LogP contribution in [0.25, 0.3) is 0 Å². The maximum absolute atomic E-state index is 5.26. The summed E-state index contributed by atoms with van der Waals surface area (Å²) in [6, 6.07) is 0. The van der Waals surface area contributed by atoms with E-state index in [1.807, 2.05) is 6.92 Å². The molecule has 2 nitrogen and oxygen atoms in total. The van der Waals surface area contributed by atoms with Crippen LogP contribution in [0.2, 0.25) is 0 Å². The van der Waals surface area contributed by atoms with E-state index < -0.39 is 0 Å². The molecule has 1 fully saturated rings. The number of allylic oxidation sites excluding steroid dienone is 3. The van der Waals surface area contributed by atoms with Gasteiger partial charge in [0, 0.05) is 18.8 Å². The van der Waals surface area contributed by atoms with Crippen molar-refractivity contribution in [3.8, 4) is 0 Å². The molecule has 0 aromatic rings. The second-order valence-corrected chi connectivity index (χ2v) is 3.23. The Bertz CT molecular complexity index is 190. The summed E-state index contributed by atoms with van der Waals surface area (Å²) in [5, 5.41) is 0. The number of hydrogen-bond acceptors (Lipinski definition) is 2. The molecular weight excluding hydrogens is 150 g/mol. The first kappa shape index (κ1) is 9.33. The van der Waals surface area contributed by atoms with Crippen molar-refractivity contribution in [2.24, 2.45) is 0 Å². The van der Waals surface area contributed by atoms with Crippen LogP contribution in [0.5, 0.6) is 0 Å². The molecule has 1 aliphatic heterocycles. The molecule has 2 heteroatoms. The zero-order valence-electron chi connectivity index (χ0n) is 7.97. The highest BCUT2D eigenvalue weighted by atomic mass is 16.5. The predicted octanol–water partition coefficient (Wildman–Crippen LogP) is 1.80. The van der Waals surface area contributed by atoms with E-state index in [0.717, 1.165) is 31.9 Å². The predicted molar refractivity (Wildman–Crippen MR) is 51.0 cm³/mol. The van der Waals surface area contributed by atoms with E-state index in [1.165, 1.54) is 5.70 Å². The molecule has 0 spiro atoms. The molecule has 1 saturated heterocycles. The Labute approximate surface area is 74.5 Å². The highest BCUT2D eigenvalue weighted by Gasteiger charge is 2.09. The average Bonchev–Trinajstić information content (AvgIpc) is 2.05. The lowest BCUT2D eigenvalue weighted by molar-refractivity contribution is 0.0537. The lowest BCUT2D eigenvalue weighted by Gasteiger charge is -2.29. The molecule has 12 heavy (non-hydrogen) atoms. The van der Waals surface area contributed by atoms with Gasteiger partial charge in [0.15, 0.2) is 0 Å². The summed E-state index contributed by atoms with van der Waals surface area (Å²) in [7, 11) is 0. The molecule has 0 N–H and O–H groups in total. The van der Waals surface area contributed by atoms with Crippen LogP contribution in [0.1, 0.15) is 13.8 Å². The fourth-order valence-electron chi connectivity index (χ4n) is 1.36. The Balaban J connectivity index is 2.49. The molecular formula is C10H17NO. The van der Waals surface area contributed by atoms with Crippen molar-refractivity contribution in [1.82, 2.24) is 4.90 Å². The summed E-state index contributed by atoms with van der Waals surface area (Å²) in [6.07, 6.45) is 2.12. The van der Waals surface area contributed by atoms with Crippen LogP contribution in [0.3, 0.4) is 0 Å². The SMILES string of the molecule is C=C(C)/C=C(\C)N1CCOCC1. The van der Waals surface area contributed by atoms with Gasteiger partial charge in [0.2, 0.25) is 0 Å². The maximum Gasteiger partial charge on any atom is 0.0642 e. The van der Waals surface area contributed by atoms with Crippen molar-refractivity contribution in [1.29, 1.82) is 0 Å². The fraction of sp³-hybridized carbons (Fsp3) is 0.600. The van der Waals surface area contributed by atoms with E-state index in [0.29, 0.717) is 0 Å². The highest BCUT2D eigenvalue weighted by Crippen LogP contribution is 2.08. The Morgan fingerprint density at radius 3 is 2.42 bits per heavy atom. The first-order chi connectivity index (χ1) is 5.70. The van der Waals surface area contributed by atoms with Crippen molar-refractivity contribution in [3.63, 3.8) is 0 Å². The van der Waals surface area contributed by atoms with E-state index in [-0.39, 0.29) is 0 Å². The minimum Gasteiger partial charge on any atom is -0.378 e. The molecule has 0 aromatic carbocycles. The van der Waals surface area contributed by atoms with Gasteiger partial charge in [0.25, 0.3) is 0 Å². The van der Waals surface area contributed by atoms with Crippen LogP contribution in [0, 0.1) is 0 Å². The summed E-state index contributed by atoms with van der Waals surface area (Å²) in [6.45, 7) is 11.7. The fourth-order valence-corrected chi connectivity index (χ4v) is 1.36. The molecule has 0 unspecified atom stereocenters. The zero-order chi connectivity index (χ0) is 8.97. The molecule has 0 bridgehead atoms. The van der Waals surface area contributed by atoms with E-state index in [1.54, 1.807) is 0 Å². The van der Waals surface area contributed by atoms with Crippen LogP contribution < -0.4 is 0 Å². The zero-order valence-corrected chi connectivity index (χ0v) is 7.97. The minimum absolute atomic E-state index is 0.849. The van der Waals surface area contributed by atoms with Crippen LogP contribution in [-0.4, -0.2) is 31.2 Å². The van der Waals surface area contributed by atoms with Crippen molar-refractivity contribution >= 4 is 0 Å². The third kappa shape index (κ3) is 2.70. The van der Waals surface area contributed by atoms with Gasteiger partial charge in [-0.15, -0.1) is 0 Å². The quantitative estimate of drug-likeness (QED) is 0.581. The molecule has 0 amide bonds. The maximum atomic E-state index is 5.26. The molecule has 1 rings (SSSR count). The van der Waals surface area contributed by atoms with Crippen LogP contribution >= 0.6 is 0 Å². The van der Waals surface area contributed by atoms with Gasteiger partial charge >= 0.3 is 0 Å². The lowest BCUT2D eigenvalue weighted by atomic mass is 10.2. The van der Waals surface area contributed by atoms with Crippen LogP contribution in [-0.2, 0) is 4.74 Å². The molecule has 1 heterocycles. The largest absolute Gasteiger partial charge is 0.378 e. The minimum atomic E-state index is 0.849. The number of nitrogens with zero attached hydrogens (tertiary/aromatic N) is 1. The number of ether oxygens (including phenoxy) is 1. The van der Waals surface area contributed by atoms with Crippen molar-refractivity contribution in [3.05, 3.63) is 23.9 Å². The summed E-state index contributed by atoms with van der Waals surface area (Å²) < 4.78 is 5.26. The molecule has 0 atom stereocenters. The van der Waals surface area contributed by atoms with E-state index in [2.05, 4.69) is 24.5 Å². The van der Waals surface area contributed by atoms with Gasteiger partial charge in [0.05, 0.1) is 13.2 Å². The van der Waals surface area contributed by atoms with E-state index >= 15 is 0 Å². The topological polar surface area (TPSA) is 12.5 Å². The van der Waals surface area contributed by atoms with Crippen molar-refractivity contribution in [2.45, 2.75) is 13.8 Å². The van der Waals surface area contributed by atoms with Gasteiger partial charge in [-0.25, -0.2) is 0 Å². The summed E-state index contributed by atoms with van der Waals surface area (Å²) >= 11 is 0. The molecule has 0 radical (unpaired) electrons. The molecule has 0 aromatic heterocycles. The number of hydrogen-bond donors (Lipinski definition) is 0. The van der Waals surface area contributed by atoms with Gasteiger partial charge in [0.1, 0.15) is 0 Å². The van der Waals surface area contributed by atoms with Gasteiger partial charge < -0.3 is 9.64 Å². The second kappa shape index (κ2) is 4.31. The summed E-state index contributed by atoms with van der Waals surface area (Å²) in [4.78, 5) is 2.33. The third-order valence-corrected chi connectivity index (χ3v) is 1.97. The second-order valence-electron chi connectivity index (χ2n) is 3.23. The van der Waals surface area contributed by atoms with E-state index in [4.69, 9.17) is 4.74 Å². The Hall–Kier alpha value is -0.760. The average molecular weight is 167 g/mol. The molecule has 0 aliphatic carbocycles. The number of rotatable bonds is 2. The van der Waals surface area contributed by atoms with Crippen LogP contribution in [0.4, 0.5) is 0 Å². The van der Waals surface area contributed by atoms with Gasteiger partial charge in [-0.2, -0.15) is 0 Å². The summed E-state index contributed by atoms with van der Waals surface area (Å²) in [5.41, 5.74) is 2.41. The Kier molecular flexibility index (Phi) is 3.35. The molecule has 0 saturated carbocycles. The first-order valence-electron chi connectivity index (χ1n) is 4.36. The monoisotopic (exact) mass is 167 g/mol. The third-order valence-electron chi connectivity index (χ3n) is 1.97. The first-order valence-corrected chi connectivity index (χ1v) is 4.36. The Morgan fingerprint density at radius 1 is 1.33 bits per heavy atom. The lowest BCUT2D eigenvalue weighted by Crippen LogP contribution is -2.34. The summed E-state index contributed by atoms with van der Waals surface area (Å²) in [5.74, 6) is 0.